The largest absolute Gasteiger partial charge is 0.0654 e. The van der Waals surface area contributed by atoms with Gasteiger partial charge in [-0.05, 0) is 30.6 Å². The van der Waals surface area contributed by atoms with E-state index in [1.807, 2.05) is 0 Å². The lowest BCUT2D eigenvalue weighted by molar-refractivity contribution is 0.268. The molecule has 0 bridgehead atoms. The molecule has 2 aliphatic carbocycles. The molecule has 2 saturated carbocycles. The van der Waals surface area contributed by atoms with Crippen LogP contribution in [0.25, 0.3) is 0 Å². The maximum atomic E-state index is 2.30. The van der Waals surface area contributed by atoms with E-state index < -0.39 is 0 Å². The zero-order valence-corrected chi connectivity index (χ0v) is 5.56. The highest BCUT2D eigenvalue weighted by molar-refractivity contribution is 5.01. The molecule has 0 nitrogen and oxygen atoms in total. The van der Waals surface area contributed by atoms with Crippen LogP contribution in [0.15, 0.2) is 0 Å². The van der Waals surface area contributed by atoms with Gasteiger partial charge in [0.1, 0.15) is 0 Å². The molecule has 3 atom stereocenters. The fourth-order valence-corrected chi connectivity index (χ4v) is 2.19. The standard InChI is InChI=1S/C8H14/c1-2-3-6-4-7-5-8(6)7/h6-8H,2-5H2,1H3. The van der Waals surface area contributed by atoms with E-state index in [0.717, 1.165) is 0 Å². The minimum absolute atomic E-state index is 1.17. The molecule has 0 heteroatoms. The zero-order valence-electron chi connectivity index (χ0n) is 5.56. The number of hydrogen-bond donors (Lipinski definition) is 0. The van der Waals surface area contributed by atoms with E-state index in [-0.39, 0.29) is 0 Å². The van der Waals surface area contributed by atoms with Crippen LogP contribution in [-0.2, 0) is 0 Å². The van der Waals surface area contributed by atoms with Crippen molar-refractivity contribution in [2.24, 2.45) is 17.8 Å². The first-order valence-electron chi connectivity index (χ1n) is 3.92. The summed E-state index contributed by atoms with van der Waals surface area (Å²) in [6, 6.07) is 0. The summed E-state index contributed by atoms with van der Waals surface area (Å²) in [6.07, 6.45) is 6.10. The molecule has 0 aromatic heterocycles. The second-order valence-corrected chi connectivity index (χ2v) is 3.44. The minimum atomic E-state index is 1.17. The van der Waals surface area contributed by atoms with Crippen molar-refractivity contribution in [2.75, 3.05) is 0 Å². The monoisotopic (exact) mass is 110 g/mol. The van der Waals surface area contributed by atoms with Crippen molar-refractivity contribution in [3.05, 3.63) is 0 Å². The van der Waals surface area contributed by atoms with Gasteiger partial charge in [0.05, 0.1) is 0 Å². The summed E-state index contributed by atoms with van der Waals surface area (Å²) in [6.45, 7) is 2.30. The average molecular weight is 110 g/mol. The molecule has 3 unspecified atom stereocenters. The summed E-state index contributed by atoms with van der Waals surface area (Å²) >= 11 is 0. The van der Waals surface area contributed by atoms with Gasteiger partial charge in [0.15, 0.2) is 0 Å². The molecule has 0 aromatic rings. The van der Waals surface area contributed by atoms with Crippen LogP contribution in [0.5, 0.6) is 0 Å². The Balaban J connectivity index is 1.76. The first-order valence-corrected chi connectivity index (χ1v) is 3.92. The second kappa shape index (κ2) is 1.49. The molecule has 0 saturated heterocycles. The van der Waals surface area contributed by atoms with Crippen molar-refractivity contribution in [2.45, 2.75) is 32.6 Å². The maximum absolute atomic E-state index is 2.30. The molecule has 2 fully saturated rings. The highest BCUT2D eigenvalue weighted by atomic mass is 14.6. The molecule has 0 aliphatic heterocycles. The van der Waals surface area contributed by atoms with Crippen LogP contribution in [0.2, 0.25) is 0 Å². The van der Waals surface area contributed by atoms with Crippen molar-refractivity contribution in [3.63, 3.8) is 0 Å². The van der Waals surface area contributed by atoms with Crippen molar-refractivity contribution < 1.29 is 0 Å². The fourth-order valence-electron chi connectivity index (χ4n) is 2.19. The van der Waals surface area contributed by atoms with E-state index in [0.29, 0.717) is 0 Å². The van der Waals surface area contributed by atoms with Gasteiger partial charge in [-0.1, -0.05) is 19.8 Å². The highest BCUT2D eigenvalue weighted by Gasteiger charge is 2.52. The summed E-state index contributed by atoms with van der Waals surface area (Å²) in [5.41, 5.74) is 0. The van der Waals surface area contributed by atoms with Gasteiger partial charge >= 0.3 is 0 Å². The molecule has 8 heavy (non-hydrogen) atoms. The normalized spacial score (nSPS) is 49.9. The van der Waals surface area contributed by atoms with Crippen molar-refractivity contribution >= 4 is 0 Å². The van der Waals surface area contributed by atoms with Gasteiger partial charge in [0.2, 0.25) is 0 Å². The lowest BCUT2D eigenvalue weighted by atomic mass is 9.82. The molecule has 2 rings (SSSR count). The van der Waals surface area contributed by atoms with Gasteiger partial charge in [-0.15, -0.1) is 0 Å². The van der Waals surface area contributed by atoms with Gasteiger partial charge in [-0.3, -0.25) is 0 Å². The predicted molar refractivity (Wildman–Crippen MR) is 34.6 cm³/mol. The Hall–Kier alpha value is 0. The first-order chi connectivity index (χ1) is 3.92. The summed E-state index contributed by atoms with van der Waals surface area (Å²) in [4.78, 5) is 0. The third-order valence-corrected chi connectivity index (χ3v) is 2.85. The SMILES string of the molecule is CCCC1CC2CC12. The average Bonchev–Trinajstić information content (AvgIpc) is 2.36. The highest BCUT2D eigenvalue weighted by Crippen LogP contribution is 2.61. The molecular weight excluding hydrogens is 96.1 g/mol. The van der Waals surface area contributed by atoms with E-state index in [9.17, 15) is 0 Å². The molecule has 0 spiro atoms. The topological polar surface area (TPSA) is 0 Å². The van der Waals surface area contributed by atoms with Gasteiger partial charge < -0.3 is 0 Å². The molecule has 0 N–H and O–H groups in total. The van der Waals surface area contributed by atoms with Gasteiger partial charge in [-0.25, -0.2) is 0 Å². The van der Waals surface area contributed by atoms with Crippen molar-refractivity contribution in [1.29, 1.82) is 0 Å². The third-order valence-electron chi connectivity index (χ3n) is 2.85. The summed E-state index contributed by atoms with van der Waals surface area (Å²) in [5, 5.41) is 0. The molecule has 0 aromatic carbocycles. The second-order valence-electron chi connectivity index (χ2n) is 3.44. The first kappa shape index (κ1) is 4.84. The lowest BCUT2D eigenvalue weighted by Crippen LogP contribution is -2.14. The minimum Gasteiger partial charge on any atom is -0.0654 e. The van der Waals surface area contributed by atoms with Crippen LogP contribution in [0.3, 0.4) is 0 Å². The van der Waals surface area contributed by atoms with Gasteiger partial charge in [-0.2, -0.15) is 0 Å². The Bertz CT molecular complexity index is 96.2. The Kier molecular flexibility index (Phi) is 0.902. The van der Waals surface area contributed by atoms with Crippen LogP contribution < -0.4 is 0 Å². The smallest absolute Gasteiger partial charge is 0.0354 e. The van der Waals surface area contributed by atoms with Gasteiger partial charge in [0.25, 0.3) is 0 Å². The van der Waals surface area contributed by atoms with Crippen LogP contribution in [-0.4, -0.2) is 0 Å². The molecular formula is C8H14. The Morgan fingerprint density at radius 2 is 2.25 bits per heavy atom. The van der Waals surface area contributed by atoms with E-state index >= 15 is 0 Å². The van der Waals surface area contributed by atoms with Crippen molar-refractivity contribution in [3.8, 4) is 0 Å². The summed E-state index contributed by atoms with van der Waals surface area (Å²) < 4.78 is 0. The van der Waals surface area contributed by atoms with Crippen LogP contribution in [0.1, 0.15) is 32.6 Å². The molecule has 0 heterocycles. The van der Waals surface area contributed by atoms with Gasteiger partial charge in [0, 0.05) is 0 Å². The molecule has 0 radical (unpaired) electrons. The summed E-state index contributed by atoms with van der Waals surface area (Å²) in [7, 11) is 0. The Morgan fingerprint density at radius 1 is 1.38 bits per heavy atom. The maximum Gasteiger partial charge on any atom is -0.0354 e. The summed E-state index contributed by atoms with van der Waals surface area (Å²) in [5.74, 6) is 3.60. The molecule has 46 valence electrons. The zero-order chi connectivity index (χ0) is 5.56. The van der Waals surface area contributed by atoms with Crippen LogP contribution >= 0.6 is 0 Å². The van der Waals surface area contributed by atoms with E-state index in [4.69, 9.17) is 0 Å². The van der Waals surface area contributed by atoms with Crippen LogP contribution in [0.4, 0.5) is 0 Å². The van der Waals surface area contributed by atoms with E-state index in [1.54, 1.807) is 12.8 Å². The quantitative estimate of drug-likeness (QED) is 0.512. The number of hydrogen-bond acceptors (Lipinski definition) is 0. The van der Waals surface area contributed by atoms with E-state index in [1.165, 1.54) is 30.6 Å². The predicted octanol–water partition coefficient (Wildman–Crippen LogP) is 2.44. The van der Waals surface area contributed by atoms with Crippen LogP contribution in [0, 0.1) is 17.8 Å². The Morgan fingerprint density at radius 3 is 2.62 bits per heavy atom. The molecule has 2 aliphatic rings. The number of rotatable bonds is 2. The molecule has 0 amide bonds. The number of fused-ring (bicyclic) bond motifs is 1. The van der Waals surface area contributed by atoms with Crippen molar-refractivity contribution in [1.82, 2.24) is 0 Å². The Labute approximate surface area is 51.3 Å². The lowest BCUT2D eigenvalue weighted by Gasteiger charge is -2.23. The third kappa shape index (κ3) is 0.519. The van der Waals surface area contributed by atoms with E-state index in [2.05, 4.69) is 6.92 Å². The fraction of sp³-hybridized carbons (Fsp3) is 1.00.